The topological polar surface area (TPSA) is 237 Å². The third-order valence-corrected chi connectivity index (χ3v) is 18.6. The smallest absolute Gasteiger partial charge is 0.462 e. The van der Waals surface area contributed by atoms with Gasteiger partial charge in [-0.2, -0.15) is 0 Å². The molecule has 0 aliphatic heterocycles. The van der Waals surface area contributed by atoms with Crippen molar-refractivity contribution in [2.45, 2.75) is 387 Å². The Morgan fingerprint density at radius 2 is 0.505 bits per heavy atom. The van der Waals surface area contributed by atoms with Crippen LogP contribution in [0.4, 0.5) is 0 Å². The maximum Gasteiger partial charge on any atom is 0.472 e. The standard InChI is InChI=1S/C72H140O17P2/c1-7-9-11-13-15-17-19-20-21-22-23-24-25-26-27-28-29-30-32-36-45-51-57-72(77)88-67(60-82-69(74)54-48-42-37-33-34-40-46-52-64(3)4)62-86-90(78,79)84-58-66(73)59-85-91(80,81)87-63-68(61-83-70(75)55-49-43-39-38-41-47-53-65(5)6)89-71(76)56-50-44-35-31-18-16-14-12-10-8-2/h64-68,73H,7-63H2,1-6H3,(H,78,79)(H,80,81)/t66-,67-,68-/m1/s1. The number of rotatable bonds is 71. The van der Waals surface area contributed by atoms with Gasteiger partial charge in [-0.05, 0) is 37.5 Å². The number of aliphatic hydroxyl groups excluding tert-OH is 1. The minimum absolute atomic E-state index is 0.105. The van der Waals surface area contributed by atoms with Crippen LogP contribution >= 0.6 is 15.6 Å². The number of carbonyl (C=O) groups excluding carboxylic acids is 4. The van der Waals surface area contributed by atoms with E-state index < -0.39 is 97.5 Å². The first-order chi connectivity index (χ1) is 43.9. The van der Waals surface area contributed by atoms with Crippen LogP contribution in [-0.4, -0.2) is 96.7 Å². The lowest BCUT2D eigenvalue weighted by molar-refractivity contribution is -0.161. The van der Waals surface area contributed by atoms with Gasteiger partial charge in [0.25, 0.3) is 0 Å². The van der Waals surface area contributed by atoms with Gasteiger partial charge in [-0.3, -0.25) is 37.3 Å². The molecular formula is C72H140O17P2. The van der Waals surface area contributed by atoms with Crippen LogP contribution in [0.3, 0.4) is 0 Å². The maximum atomic E-state index is 13.0. The summed E-state index contributed by atoms with van der Waals surface area (Å²) >= 11 is 0. The van der Waals surface area contributed by atoms with Crippen LogP contribution < -0.4 is 0 Å². The lowest BCUT2D eigenvalue weighted by atomic mass is 10.0. The molecule has 0 amide bonds. The molecule has 0 aromatic carbocycles. The van der Waals surface area contributed by atoms with Gasteiger partial charge in [0.05, 0.1) is 26.4 Å². The molecule has 0 saturated carbocycles. The largest absolute Gasteiger partial charge is 0.472 e. The van der Waals surface area contributed by atoms with Gasteiger partial charge in [-0.15, -0.1) is 0 Å². The highest BCUT2D eigenvalue weighted by atomic mass is 31.2. The molecule has 0 aliphatic carbocycles. The first kappa shape index (κ1) is 89.1. The Kier molecular flexibility index (Phi) is 62.7. The molecular weight excluding hydrogens is 1200 g/mol. The van der Waals surface area contributed by atoms with E-state index >= 15 is 0 Å². The summed E-state index contributed by atoms with van der Waals surface area (Å²) in [5.74, 6) is -0.743. The molecule has 2 unspecified atom stereocenters. The van der Waals surface area contributed by atoms with E-state index in [9.17, 15) is 43.2 Å². The van der Waals surface area contributed by atoms with E-state index in [-0.39, 0.29) is 25.7 Å². The number of aliphatic hydroxyl groups is 1. The molecule has 0 saturated heterocycles. The van der Waals surface area contributed by atoms with Crippen LogP contribution in [-0.2, 0) is 65.4 Å². The van der Waals surface area contributed by atoms with Crippen molar-refractivity contribution in [1.29, 1.82) is 0 Å². The molecule has 0 aromatic heterocycles. The van der Waals surface area contributed by atoms with Crippen molar-refractivity contribution in [3.05, 3.63) is 0 Å². The number of carbonyl (C=O) groups is 4. The summed E-state index contributed by atoms with van der Waals surface area (Å²) in [4.78, 5) is 72.4. The van der Waals surface area contributed by atoms with Gasteiger partial charge in [-0.25, -0.2) is 9.13 Å². The summed E-state index contributed by atoms with van der Waals surface area (Å²) in [6.45, 7) is 9.40. The molecule has 5 atom stereocenters. The molecule has 0 aromatic rings. The number of phosphoric acid groups is 2. The number of unbranched alkanes of at least 4 members (excludes halogenated alkanes) is 41. The first-order valence-corrected chi connectivity index (χ1v) is 40.5. The molecule has 540 valence electrons. The second-order valence-electron chi connectivity index (χ2n) is 26.9. The van der Waals surface area contributed by atoms with E-state index in [0.29, 0.717) is 37.5 Å². The Hall–Kier alpha value is -1.94. The number of ether oxygens (including phenoxy) is 4. The zero-order valence-corrected chi connectivity index (χ0v) is 60.9. The summed E-state index contributed by atoms with van der Waals surface area (Å²) in [7, 11) is -9.90. The van der Waals surface area contributed by atoms with Crippen molar-refractivity contribution in [1.82, 2.24) is 0 Å². The molecule has 0 spiro atoms. The minimum atomic E-state index is -4.95. The molecule has 17 nitrogen and oxygen atoms in total. The fourth-order valence-electron chi connectivity index (χ4n) is 10.9. The second kappa shape index (κ2) is 64.1. The fourth-order valence-corrected chi connectivity index (χ4v) is 12.5. The van der Waals surface area contributed by atoms with E-state index in [4.69, 9.17) is 37.0 Å². The highest BCUT2D eigenvalue weighted by Crippen LogP contribution is 2.45. The SMILES string of the molecule is CCCCCCCCCCCCCCCCCCCCCCCCC(=O)O[C@H](COC(=O)CCCCCCCCCC(C)C)COP(=O)(O)OC[C@@H](O)COP(=O)(O)OC[C@@H](COC(=O)CCCCCCCCC(C)C)OC(=O)CCCCCCCCCCCC. The lowest BCUT2D eigenvalue weighted by Gasteiger charge is -2.21. The highest BCUT2D eigenvalue weighted by Gasteiger charge is 2.30. The highest BCUT2D eigenvalue weighted by molar-refractivity contribution is 7.47. The minimum Gasteiger partial charge on any atom is -0.462 e. The number of esters is 4. The van der Waals surface area contributed by atoms with Crippen LogP contribution in [0.15, 0.2) is 0 Å². The van der Waals surface area contributed by atoms with Crippen molar-refractivity contribution in [2.24, 2.45) is 11.8 Å². The maximum absolute atomic E-state index is 13.0. The van der Waals surface area contributed by atoms with E-state index in [0.717, 1.165) is 103 Å². The average Bonchev–Trinajstić information content (AvgIpc) is 3.32. The summed E-state index contributed by atoms with van der Waals surface area (Å²) in [5.41, 5.74) is 0. The Labute approximate surface area is 556 Å². The Balaban J connectivity index is 5.12. The van der Waals surface area contributed by atoms with Gasteiger partial charge in [0.15, 0.2) is 12.2 Å². The third-order valence-electron chi connectivity index (χ3n) is 16.7. The number of hydrogen-bond acceptors (Lipinski definition) is 15. The van der Waals surface area contributed by atoms with E-state index in [1.165, 1.54) is 173 Å². The Morgan fingerprint density at radius 1 is 0.297 bits per heavy atom. The summed E-state index contributed by atoms with van der Waals surface area (Å²) in [5, 5.41) is 10.6. The van der Waals surface area contributed by atoms with Gasteiger partial charge in [0.2, 0.25) is 0 Å². The summed E-state index contributed by atoms with van der Waals surface area (Å²) in [6, 6.07) is 0. The predicted octanol–water partition coefficient (Wildman–Crippen LogP) is 20.8. The molecule has 91 heavy (non-hydrogen) atoms. The molecule has 0 aliphatic rings. The van der Waals surface area contributed by atoms with Crippen LogP contribution in [0, 0.1) is 11.8 Å². The molecule has 0 rings (SSSR count). The van der Waals surface area contributed by atoms with Crippen molar-refractivity contribution >= 4 is 39.5 Å². The van der Waals surface area contributed by atoms with E-state index in [1.807, 2.05) is 0 Å². The zero-order chi connectivity index (χ0) is 67.2. The van der Waals surface area contributed by atoms with Crippen LogP contribution in [0.1, 0.15) is 369 Å². The van der Waals surface area contributed by atoms with Crippen LogP contribution in [0.5, 0.6) is 0 Å². The van der Waals surface area contributed by atoms with Crippen molar-refractivity contribution in [3.63, 3.8) is 0 Å². The van der Waals surface area contributed by atoms with E-state index in [2.05, 4.69) is 41.5 Å². The normalized spacial score (nSPS) is 14.1. The lowest BCUT2D eigenvalue weighted by Crippen LogP contribution is -2.30. The van der Waals surface area contributed by atoms with Crippen molar-refractivity contribution in [3.8, 4) is 0 Å². The van der Waals surface area contributed by atoms with Gasteiger partial charge in [0.1, 0.15) is 19.3 Å². The summed E-state index contributed by atoms with van der Waals surface area (Å²) in [6.07, 6.45) is 50.5. The molecule has 0 fully saturated rings. The molecule has 0 bridgehead atoms. The number of hydrogen-bond donors (Lipinski definition) is 3. The van der Waals surface area contributed by atoms with Gasteiger partial charge >= 0.3 is 39.5 Å². The first-order valence-electron chi connectivity index (χ1n) is 37.5. The van der Waals surface area contributed by atoms with E-state index in [1.54, 1.807) is 0 Å². The van der Waals surface area contributed by atoms with Crippen molar-refractivity contribution < 1.29 is 80.2 Å². The zero-order valence-electron chi connectivity index (χ0n) is 59.1. The van der Waals surface area contributed by atoms with Crippen LogP contribution in [0.25, 0.3) is 0 Å². The fraction of sp³-hybridized carbons (Fsp3) is 0.944. The second-order valence-corrected chi connectivity index (χ2v) is 29.8. The van der Waals surface area contributed by atoms with Crippen LogP contribution in [0.2, 0.25) is 0 Å². The molecule has 0 radical (unpaired) electrons. The monoisotopic (exact) mass is 1340 g/mol. The third kappa shape index (κ3) is 66.5. The van der Waals surface area contributed by atoms with Crippen molar-refractivity contribution in [2.75, 3.05) is 39.6 Å². The summed E-state index contributed by atoms with van der Waals surface area (Å²) < 4.78 is 68.2. The van der Waals surface area contributed by atoms with Gasteiger partial charge < -0.3 is 33.8 Å². The molecule has 0 heterocycles. The Morgan fingerprint density at radius 3 is 0.747 bits per heavy atom. The number of phosphoric ester groups is 2. The van der Waals surface area contributed by atoms with Gasteiger partial charge in [-0.1, -0.05) is 318 Å². The quantitative estimate of drug-likeness (QED) is 0.0222. The average molecular weight is 1340 g/mol. The molecule has 19 heteroatoms. The Bertz CT molecular complexity index is 1770. The predicted molar refractivity (Wildman–Crippen MR) is 368 cm³/mol. The van der Waals surface area contributed by atoms with Gasteiger partial charge in [0, 0.05) is 25.7 Å². The molecule has 3 N–H and O–H groups in total.